The predicted octanol–water partition coefficient (Wildman–Crippen LogP) is 4.70. The Hall–Kier alpha value is -5.52. The van der Waals surface area contributed by atoms with Gasteiger partial charge in [0.25, 0.3) is 0 Å². The van der Waals surface area contributed by atoms with Gasteiger partial charge >= 0.3 is 18.3 Å². The van der Waals surface area contributed by atoms with Crippen LogP contribution in [0.3, 0.4) is 0 Å². The number of aromatic nitrogens is 3. The molecule has 0 saturated heterocycles. The van der Waals surface area contributed by atoms with Crippen LogP contribution in [-0.4, -0.2) is 33.2 Å². The van der Waals surface area contributed by atoms with Crippen molar-refractivity contribution in [2.24, 2.45) is 0 Å². The second-order valence-corrected chi connectivity index (χ2v) is 6.79. The van der Waals surface area contributed by atoms with E-state index in [1.165, 1.54) is 0 Å². The number of nitrogens with zero attached hydrogens (tertiary/aromatic N) is 3. The van der Waals surface area contributed by atoms with Gasteiger partial charge < -0.3 is 14.2 Å². The zero-order chi connectivity index (χ0) is 25.2. The molecule has 1 aromatic heterocycles. The van der Waals surface area contributed by atoms with Crippen LogP contribution >= 0.6 is 0 Å². The van der Waals surface area contributed by atoms with Gasteiger partial charge in [-0.1, -0.05) is 54.6 Å². The molecule has 3 amide bonds. The number of ether oxygens (including phenoxy) is 3. The SMILES string of the molecule is O=C(Nc1nc(NC(=O)Oc2ccccc2)nc(NC(=O)Oc2ccccc2)n1)Oc1ccccc1. The van der Waals surface area contributed by atoms with Crippen molar-refractivity contribution in [1.82, 2.24) is 15.0 Å². The standard InChI is InChI=1S/C24H18N6O6/c31-22(34-16-10-4-1-5-11-16)28-19-25-20(29-23(32)35-17-12-6-2-7-13-17)27-21(26-19)30-24(33)36-18-14-8-3-9-15-18/h1-15H,(H3,25,26,27,28,29,30,31,32,33). The van der Waals surface area contributed by atoms with E-state index in [0.717, 1.165) is 0 Å². The quantitative estimate of drug-likeness (QED) is 0.352. The summed E-state index contributed by atoms with van der Waals surface area (Å²) in [6, 6.07) is 24.9. The summed E-state index contributed by atoms with van der Waals surface area (Å²) in [6.45, 7) is 0. The van der Waals surface area contributed by atoms with Gasteiger partial charge in [-0.25, -0.2) is 14.4 Å². The van der Waals surface area contributed by atoms with Crippen molar-refractivity contribution in [3.8, 4) is 17.2 Å². The number of rotatable bonds is 6. The molecule has 36 heavy (non-hydrogen) atoms. The van der Waals surface area contributed by atoms with Gasteiger partial charge in [-0.15, -0.1) is 0 Å². The highest BCUT2D eigenvalue weighted by atomic mass is 16.6. The van der Waals surface area contributed by atoms with Crippen LogP contribution in [0.5, 0.6) is 17.2 Å². The average molecular weight is 486 g/mol. The molecule has 0 radical (unpaired) electrons. The van der Waals surface area contributed by atoms with E-state index >= 15 is 0 Å². The second-order valence-electron chi connectivity index (χ2n) is 6.79. The Balaban J connectivity index is 1.49. The average Bonchev–Trinajstić information content (AvgIpc) is 2.85. The van der Waals surface area contributed by atoms with Crippen LogP contribution in [0.4, 0.5) is 32.2 Å². The maximum atomic E-state index is 12.3. The van der Waals surface area contributed by atoms with E-state index in [-0.39, 0.29) is 35.1 Å². The normalized spacial score (nSPS) is 10.0. The topological polar surface area (TPSA) is 154 Å². The number of benzene rings is 3. The molecule has 4 rings (SSSR count). The van der Waals surface area contributed by atoms with Gasteiger partial charge in [0.05, 0.1) is 0 Å². The molecule has 3 aromatic carbocycles. The molecule has 180 valence electrons. The van der Waals surface area contributed by atoms with Gasteiger partial charge in [0, 0.05) is 0 Å². The summed E-state index contributed by atoms with van der Waals surface area (Å²) in [6.07, 6.45) is -2.74. The van der Waals surface area contributed by atoms with E-state index in [1.807, 2.05) is 0 Å². The van der Waals surface area contributed by atoms with E-state index in [0.29, 0.717) is 0 Å². The molecule has 3 N–H and O–H groups in total. The van der Waals surface area contributed by atoms with Gasteiger partial charge in [0.15, 0.2) is 0 Å². The van der Waals surface area contributed by atoms with Crippen LogP contribution in [-0.2, 0) is 0 Å². The molecule has 0 bridgehead atoms. The number of carbonyl (C=O) groups is 3. The minimum Gasteiger partial charge on any atom is -0.410 e. The first-order valence-corrected chi connectivity index (χ1v) is 10.4. The molecule has 0 aliphatic heterocycles. The monoisotopic (exact) mass is 486 g/mol. The highest BCUT2D eigenvalue weighted by Crippen LogP contribution is 2.15. The van der Waals surface area contributed by atoms with Crippen LogP contribution in [0.15, 0.2) is 91.0 Å². The third kappa shape index (κ3) is 7.25. The number of amides is 3. The second kappa shape index (κ2) is 11.6. The zero-order valence-electron chi connectivity index (χ0n) is 18.5. The molecule has 0 aliphatic rings. The smallest absolute Gasteiger partial charge is 0.410 e. The summed E-state index contributed by atoms with van der Waals surface area (Å²) in [7, 11) is 0. The summed E-state index contributed by atoms with van der Waals surface area (Å²) in [5.41, 5.74) is 0. The number of hydrogen-bond donors (Lipinski definition) is 3. The van der Waals surface area contributed by atoms with Crippen LogP contribution < -0.4 is 30.2 Å². The van der Waals surface area contributed by atoms with Crippen molar-refractivity contribution in [2.45, 2.75) is 0 Å². The Morgan fingerprint density at radius 2 is 0.694 bits per heavy atom. The summed E-state index contributed by atoms with van der Waals surface area (Å²) in [5, 5.41) is 6.93. The minimum absolute atomic E-state index is 0.277. The summed E-state index contributed by atoms with van der Waals surface area (Å²) >= 11 is 0. The molecule has 0 saturated carbocycles. The van der Waals surface area contributed by atoms with E-state index in [2.05, 4.69) is 30.9 Å². The molecule has 0 unspecified atom stereocenters. The fraction of sp³-hybridized carbons (Fsp3) is 0. The Labute approximate surface area is 204 Å². The maximum Gasteiger partial charge on any atom is 0.419 e. The van der Waals surface area contributed by atoms with Gasteiger partial charge in [-0.3, -0.25) is 16.0 Å². The van der Waals surface area contributed by atoms with E-state index in [1.54, 1.807) is 91.0 Å². The van der Waals surface area contributed by atoms with Crippen LogP contribution in [0.1, 0.15) is 0 Å². The Morgan fingerprint density at radius 3 is 0.944 bits per heavy atom. The van der Waals surface area contributed by atoms with Crippen molar-refractivity contribution < 1.29 is 28.6 Å². The highest BCUT2D eigenvalue weighted by Gasteiger charge is 2.16. The highest BCUT2D eigenvalue weighted by molar-refractivity contribution is 5.88. The number of carbonyl (C=O) groups excluding carboxylic acids is 3. The molecule has 0 fully saturated rings. The van der Waals surface area contributed by atoms with Crippen molar-refractivity contribution in [3.05, 3.63) is 91.0 Å². The first-order chi connectivity index (χ1) is 17.5. The van der Waals surface area contributed by atoms with Crippen molar-refractivity contribution in [2.75, 3.05) is 16.0 Å². The van der Waals surface area contributed by atoms with Gasteiger partial charge in [0.2, 0.25) is 17.8 Å². The minimum atomic E-state index is -0.914. The fourth-order valence-electron chi connectivity index (χ4n) is 2.68. The molecule has 1 heterocycles. The maximum absolute atomic E-state index is 12.3. The Kier molecular flexibility index (Phi) is 7.59. The largest absolute Gasteiger partial charge is 0.419 e. The van der Waals surface area contributed by atoms with Gasteiger partial charge in [0.1, 0.15) is 17.2 Å². The van der Waals surface area contributed by atoms with Crippen LogP contribution in [0.25, 0.3) is 0 Å². The molecule has 12 heteroatoms. The summed E-state index contributed by atoms with van der Waals surface area (Å²) in [4.78, 5) is 48.7. The van der Waals surface area contributed by atoms with Gasteiger partial charge in [-0.05, 0) is 36.4 Å². The Morgan fingerprint density at radius 1 is 0.444 bits per heavy atom. The van der Waals surface area contributed by atoms with Crippen molar-refractivity contribution >= 4 is 36.1 Å². The molecule has 0 atom stereocenters. The van der Waals surface area contributed by atoms with Crippen molar-refractivity contribution in [3.63, 3.8) is 0 Å². The lowest BCUT2D eigenvalue weighted by Gasteiger charge is -2.10. The summed E-state index contributed by atoms with van der Waals surface area (Å²) in [5.74, 6) is -0.140. The zero-order valence-corrected chi connectivity index (χ0v) is 18.5. The number of para-hydroxylation sites is 3. The first kappa shape index (κ1) is 23.6. The van der Waals surface area contributed by atoms with E-state index in [9.17, 15) is 14.4 Å². The van der Waals surface area contributed by atoms with E-state index < -0.39 is 18.3 Å². The molecule has 0 aliphatic carbocycles. The first-order valence-electron chi connectivity index (χ1n) is 10.4. The van der Waals surface area contributed by atoms with Crippen molar-refractivity contribution in [1.29, 1.82) is 0 Å². The molecular weight excluding hydrogens is 468 g/mol. The molecule has 0 spiro atoms. The third-order valence-electron chi connectivity index (χ3n) is 4.14. The predicted molar refractivity (Wildman–Crippen MR) is 128 cm³/mol. The Bertz CT molecular complexity index is 1160. The summed E-state index contributed by atoms with van der Waals surface area (Å²) < 4.78 is 15.4. The number of nitrogens with one attached hydrogen (secondary N) is 3. The van der Waals surface area contributed by atoms with Gasteiger partial charge in [-0.2, -0.15) is 15.0 Å². The molecule has 12 nitrogen and oxygen atoms in total. The fourth-order valence-corrected chi connectivity index (χ4v) is 2.68. The third-order valence-corrected chi connectivity index (χ3v) is 4.14. The number of anilines is 3. The number of hydrogen-bond acceptors (Lipinski definition) is 9. The van der Waals surface area contributed by atoms with Crippen LogP contribution in [0.2, 0.25) is 0 Å². The molecular formula is C24H18N6O6. The van der Waals surface area contributed by atoms with E-state index in [4.69, 9.17) is 14.2 Å². The van der Waals surface area contributed by atoms with Crippen LogP contribution in [0, 0.1) is 0 Å². The lowest BCUT2D eigenvalue weighted by Crippen LogP contribution is -2.24. The lowest BCUT2D eigenvalue weighted by atomic mass is 10.3. The molecule has 4 aromatic rings. The lowest BCUT2D eigenvalue weighted by molar-refractivity contribution is 0.214.